The van der Waals surface area contributed by atoms with E-state index in [9.17, 15) is 4.57 Å². The average molecular weight is 146 g/mol. The lowest BCUT2D eigenvalue weighted by Gasteiger charge is -1.98. The zero-order valence-corrected chi connectivity index (χ0v) is 5.15. The number of hydrogen-bond donors (Lipinski definition) is 1. The molecule has 0 rings (SSSR count). The molecule has 0 fully saturated rings. The van der Waals surface area contributed by atoms with Crippen LogP contribution in [-0.4, -0.2) is 12.0 Å². The Kier molecular flexibility index (Phi) is 2.80. The molecule has 1 atom stereocenters. The van der Waals surface area contributed by atoms with Gasteiger partial charge in [-0.1, -0.05) is 0 Å². The summed E-state index contributed by atoms with van der Waals surface area (Å²) in [6.45, 7) is 0. The van der Waals surface area contributed by atoms with Crippen molar-refractivity contribution in [2.75, 3.05) is 7.11 Å². The standard InChI is InChI=1S/CH4ClO4P/c1-5-7(3,4)6-2/h1H3,(H,3,4). The minimum absolute atomic E-state index is 1.02. The Labute approximate surface area is 45.8 Å². The number of rotatable bonds is 2. The maximum absolute atomic E-state index is 9.93. The molecular formula is CH4ClO4P. The van der Waals surface area contributed by atoms with Gasteiger partial charge in [-0.25, -0.2) is 4.57 Å². The summed E-state index contributed by atoms with van der Waals surface area (Å²) in [6, 6.07) is 0. The Bertz CT molecular complexity index is 83.7. The summed E-state index contributed by atoms with van der Waals surface area (Å²) >= 11 is 4.46. The van der Waals surface area contributed by atoms with Crippen LogP contribution in [0.25, 0.3) is 0 Å². The number of halogens is 1. The summed E-state index contributed by atoms with van der Waals surface area (Å²) in [4.78, 5) is 8.11. The van der Waals surface area contributed by atoms with Gasteiger partial charge >= 0.3 is 7.82 Å². The van der Waals surface area contributed by atoms with E-state index in [0.717, 1.165) is 7.11 Å². The molecule has 0 aromatic carbocycles. The van der Waals surface area contributed by atoms with Gasteiger partial charge < -0.3 is 4.89 Å². The van der Waals surface area contributed by atoms with Gasteiger partial charge in [0.2, 0.25) is 0 Å². The van der Waals surface area contributed by atoms with Crippen LogP contribution >= 0.6 is 19.7 Å². The van der Waals surface area contributed by atoms with Gasteiger partial charge in [0.05, 0.1) is 11.9 Å². The highest BCUT2D eigenvalue weighted by Crippen LogP contribution is 2.43. The van der Waals surface area contributed by atoms with Crippen LogP contribution in [0.2, 0.25) is 0 Å². The van der Waals surface area contributed by atoms with Gasteiger partial charge in [-0.2, -0.15) is 4.08 Å². The van der Waals surface area contributed by atoms with Crippen LogP contribution in [0.4, 0.5) is 0 Å². The third-order valence-corrected chi connectivity index (χ3v) is 1.48. The first-order valence-electron chi connectivity index (χ1n) is 1.31. The minimum Gasteiger partial charge on any atom is -0.302 e. The average Bonchev–Trinajstić information content (AvgIpc) is 1.68. The molecule has 0 saturated carbocycles. The first kappa shape index (κ1) is 7.40. The lowest BCUT2D eigenvalue weighted by molar-refractivity contribution is 0.249. The molecule has 1 N–H and O–H groups in total. The third-order valence-electron chi connectivity index (χ3n) is 0.318. The largest absolute Gasteiger partial charge is 0.488 e. The summed E-state index contributed by atoms with van der Waals surface area (Å²) in [5.74, 6) is 0. The van der Waals surface area contributed by atoms with Crippen molar-refractivity contribution in [1.82, 2.24) is 0 Å². The van der Waals surface area contributed by atoms with Crippen molar-refractivity contribution in [3.63, 3.8) is 0 Å². The first-order valence-corrected chi connectivity index (χ1v) is 3.11. The Morgan fingerprint density at radius 2 is 2.29 bits per heavy atom. The summed E-state index contributed by atoms with van der Waals surface area (Å²) in [6.07, 6.45) is 0. The second kappa shape index (κ2) is 2.64. The monoisotopic (exact) mass is 146 g/mol. The van der Waals surface area contributed by atoms with Gasteiger partial charge in [0.15, 0.2) is 0 Å². The molecule has 0 aliphatic heterocycles. The van der Waals surface area contributed by atoms with Crippen molar-refractivity contribution in [2.45, 2.75) is 0 Å². The van der Waals surface area contributed by atoms with E-state index < -0.39 is 7.82 Å². The van der Waals surface area contributed by atoms with Crippen LogP contribution in [-0.2, 0) is 13.2 Å². The molecule has 0 saturated heterocycles. The molecule has 0 aromatic heterocycles. The molecule has 0 aliphatic carbocycles. The molecule has 0 aliphatic rings. The molecule has 0 heterocycles. The number of hydrogen-bond acceptors (Lipinski definition) is 3. The molecule has 7 heavy (non-hydrogen) atoms. The van der Waals surface area contributed by atoms with E-state index in [1.807, 2.05) is 0 Å². The Balaban J connectivity index is 3.61. The second-order valence-corrected chi connectivity index (χ2v) is 2.57. The van der Waals surface area contributed by atoms with E-state index in [0.29, 0.717) is 0 Å². The zero-order valence-electron chi connectivity index (χ0n) is 3.50. The van der Waals surface area contributed by atoms with E-state index in [-0.39, 0.29) is 0 Å². The Morgan fingerprint density at radius 3 is 2.29 bits per heavy atom. The SMILES string of the molecule is COP(=O)(O)OCl. The predicted octanol–water partition coefficient (Wildman–Crippen LogP) is 0.904. The fourth-order valence-corrected chi connectivity index (χ4v) is 0.254. The summed E-state index contributed by atoms with van der Waals surface area (Å²) in [5.41, 5.74) is 0. The van der Waals surface area contributed by atoms with Crippen LogP contribution in [0.5, 0.6) is 0 Å². The zero-order chi connectivity index (χ0) is 5.91. The molecule has 4 nitrogen and oxygen atoms in total. The van der Waals surface area contributed by atoms with Crippen LogP contribution in [0.3, 0.4) is 0 Å². The molecule has 0 radical (unpaired) electrons. The first-order chi connectivity index (χ1) is 3.12. The van der Waals surface area contributed by atoms with Crippen LogP contribution in [0, 0.1) is 0 Å². The minimum atomic E-state index is -3.89. The van der Waals surface area contributed by atoms with Crippen molar-refractivity contribution in [3.05, 3.63) is 0 Å². The third kappa shape index (κ3) is 3.02. The van der Waals surface area contributed by atoms with Crippen molar-refractivity contribution < 1.29 is 18.1 Å². The fourth-order valence-electron chi connectivity index (χ4n) is 0.0282. The highest BCUT2D eigenvalue weighted by atomic mass is 35.5. The lowest BCUT2D eigenvalue weighted by atomic mass is 11.8. The summed E-state index contributed by atoms with van der Waals surface area (Å²) in [7, 11) is -2.87. The van der Waals surface area contributed by atoms with Crippen molar-refractivity contribution in [2.24, 2.45) is 0 Å². The summed E-state index contributed by atoms with van der Waals surface area (Å²) in [5, 5.41) is 0. The van der Waals surface area contributed by atoms with Gasteiger partial charge in [-0.3, -0.25) is 4.52 Å². The maximum Gasteiger partial charge on any atom is 0.488 e. The molecular weight excluding hydrogens is 142 g/mol. The van der Waals surface area contributed by atoms with Crippen LogP contribution in [0.15, 0.2) is 0 Å². The van der Waals surface area contributed by atoms with Gasteiger partial charge in [-0.15, -0.1) is 0 Å². The van der Waals surface area contributed by atoms with Gasteiger partial charge in [0.1, 0.15) is 0 Å². The quantitative estimate of drug-likeness (QED) is 0.588. The predicted molar refractivity (Wildman–Crippen MR) is 23.8 cm³/mol. The van der Waals surface area contributed by atoms with Crippen molar-refractivity contribution >= 4 is 19.7 Å². The Hall–Kier alpha value is 0.400. The topological polar surface area (TPSA) is 55.8 Å². The second-order valence-electron chi connectivity index (χ2n) is 0.720. The molecule has 0 spiro atoms. The smallest absolute Gasteiger partial charge is 0.302 e. The van der Waals surface area contributed by atoms with Gasteiger partial charge in [0.25, 0.3) is 0 Å². The highest BCUT2D eigenvalue weighted by molar-refractivity contribution is 7.48. The van der Waals surface area contributed by atoms with Crippen molar-refractivity contribution in [3.8, 4) is 0 Å². The Morgan fingerprint density at radius 1 is 1.86 bits per heavy atom. The van der Waals surface area contributed by atoms with E-state index in [1.165, 1.54) is 0 Å². The van der Waals surface area contributed by atoms with Crippen molar-refractivity contribution in [1.29, 1.82) is 0 Å². The van der Waals surface area contributed by atoms with Crippen LogP contribution in [0.1, 0.15) is 0 Å². The molecule has 0 aromatic rings. The van der Waals surface area contributed by atoms with Gasteiger partial charge in [0, 0.05) is 7.11 Å². The highest BCUT2D eigenvalue weighted by Gasteiger charge is 2.16. The molecule has 0 amide bonds. The van der Waals surface area contributed by atoms with Gasteiger partial charge in [-0.05, 0) is 0 Å². The fraction of sp³-hybridized carbons (Fsp3) is 1.00. The van der Waals surface area contributed by atoms with E-state index in [4.69, 9.17) is 4.89 Å². The maximum atomic E-state index is 9.93. The molecule has 6 heteroatoms. The summed E-state index contributed by atoms with van der Waals surface area (Å²) < 4.78 is 17.2. The normalized spacial score (nSPS) is 18.7. The lowest BCUT2D eigenvalue weighted by Crippen LogP contribution is -1.79. The van der Waals surface area contributed by atoms with Crippen LogP contribution < -0.4 is 0 Å². The molecule has 44 valence electrons. The van der Waals surface area contributed by atoms with E-state index in [1.54, 1.807) is 0 Å². The molecule has 0 bridgehead atoms. The van der Waals surface area contributed by atoms with E-state index in [2.05, 4.69) is 20.5 Å². The molecule has 1 unspecified atom stereocenters. The van der Waals surface area contributed by atoms with E-state index >= 15 is 0 Å². The number of phosphoric ester groups is 1. The number of phosphoric acid groups is 1.